The third-order valence-electron chi connectivity index (χ3n) is 4.31. The van der Waals surface area contributed by atoms with Crippen molar-refractivity contribution in [2.45, 2.75) is 11.3 Å². The van der Waals surface area contributed by atoms with Crippen LogP contribution in [0.3, 0.4) is 0 Å². The molecule has 2 N–H and O–H groups in total. The van der Waals surface area contributed by atoms with Gasteiger partial charge in [-0.15, -0.1) is 0 Å². The zero-order valence-electron chi connectivity index (χ0n) is 16.6. The quantitative estimate of drug-likeness (QED) is 0.573. The molecule has 0 unspecified atom stereocenters. The fourth-order valence-corrected chi connectivity index (χ4v) is 3.86. The summed E-state index contributed by atoms with van der Waals surface area (Å²) in [5, 5.41) is 2.76. The van der Waals surface area contributed by atoms with Crippen LogP contribution in [0.4, 0.5) is 11.4 Å². The second-order valence-electron chi connectivity index (χ2n) is 6.41. The van der Waals surface area contributed by atoms with Crippen molar-refractivity contribution in [3.05, 3.63) is 78.4 Å². The zero-order valence-corrected chi connectivity index (χ0v) is 17.4. The molecular weight excluding hydrogens is 404 g/mol. The molecule has 0 heterocycles. The van der Waals surface area contributed by atoms with Crippen LogP contribution < -0.4 is 19.5 Å². The van der Waals surface area contributed by atoms with E-state index in [1.165, 1.54) is 32.4 Å². The highest BCUT2D eigenvalue weighted by Crippen LogP contribution is 2.31. The van der Waals surface area contributed by atoms with Crippen molar-refractivity contribution in [3.63, 3.8) is 0 Å². The van der Waals surface area contributed by atoms with Crippen LogP contribution in [0.2, 0.25) is 0 Å². The number of amides is 1. The molecule has 0 fully saturated rings. The molecule has 0 aliphatic rings. The summed E-state index contributed by atoms with van der Waals surface area (Å²) >= 11 is 0. The molecule has 30 heavy (non-hydrogen) atoms. The summed E-state index contributed by atoms with van der Waals surface area (Å²) in [5.41, 5.74) is 1.66. The SMILES string of the molecule is COc1ccc(OC)c(NS(=O)(=O)c2ccc(NC(=O)Cc3ccccc3)cc2)c1. The molecule has 156 valence electrons. The van der Waals surface area contributed by atoms with Gasteiger partial charge in [0.15, 0.2) is 0 Å². The van der Waals surface area contributed by atoms with E-state index in [9.17, 15) is 13.2 Å². The monoisotopic (exact) mass is 426 g/mol. The number of anilines is 2. The number of benzene rings is 3. The lowest BCUT2D eigenvalue weighted by Crippen LogP contribution is -2.15. The van der Waals surface area contributed by atoms with E-state index in [0.717, 1.165) is 5.56 Å². The highest BCUT2D eigenvalue weighted by molar-refractivity contribution is 7.92. The summed E-state index contributed by atoms with van der Waals surface area (Å²) in [6, 6.07) is 20.1. The van der Waals surface area contributed by atoms with Crippen LogP contribution in [-0.4, -0.2) is 28.5 Å². The molecular formula is C22H22N2O5S. The molecule has 0 atom stereocenters. The lowest BCUT2D eigenvalue weighted by atomic mass is 10.1. The van der Waals surface area contributed by atoms with Gasteiger partial charge in [0.25, 0.3) is 10.0 Å². The van der Waals surface area contributed by atoms with Crippen molar-refractivity contribution in [2.75, 3.05) is 24.3 Å². The molecule has 0 spiro atoms. The van der Waals surface area contributed by atoms with Gasteiger partial charge < -0.3 is 14.8 Å². The molecule has 7 nitrogen and oxygen atoms in total. The van der Waals surface area contributed by atoms with Gasteiger partial charge in [0.2, 0.25) is 5.91 Å². The first-order chi connectivity index (χ1) is 14.4. The number of nitrogens with one attached hydrogen (secondary N) is 2. The molecule has 3 aromatic rings. The molecule has 0 aromatic heterocycles. The van der Waals surface area contributed by atoms with Gasteiger partial charge in [-0.3, -0.25) is 9.52 Å². The first kappa shape index (κ1) is 21.2. The van der Waals surface area contributed by atoms with Crippen molar-refractivity contribution >= 4 is 27.3 Å². The number of carbonyl (C=O) groups excluding carboxylic acids is 1. The van der Waals surface area contributed by atoms with Crippen molar-refractivity contribution in [2.24, 2.45) is 0 Å². The van der Waals surface area contributed by atoms with Crippen molar-refractivity contribution in [1.29, 1.82) is 0 Å². The molecule has 0 saturated heterocycles. The number of methoxy groups -OCH3 is 2. The van der Waals surface area contributed by atoms with Gasteiger partial charge in [-0.05, 0) is 42.0 Å². The topological polar surface area (TPSA) is 93.7 Å². The fraction of sp³-hybridized carbons (Fsp3) is 0.136. The molecule has 8 heteroatoms. The normalized spacial score (nSPS) is 10.9. The van der Waals surface area contributed by atoms with Crippen LogP contribution >= 0.6 is 0 Å². The number of sulfonamides is 1. The van der Waals surface area contributed by atoms with E-state index in [0.29, 0.717) is 17.2 Å². The third kappa shape index (κ3) is 5.30. The molecule has 0 aliphatic heterocycles. The Morgan fingerprint density at radius 1 is 0.900 bits per heavy atom. The minimum atomic E-state index is -3.86. The molecule has 3 rings (SSSR count). The standard InChI is InChI=1S/C22H22N2O5S/c1-28-18-10-13-21(29-2)20(15-18)24-30(26,27)19-11-8-17(9-12-19)23-22(25)14-16-6-4-3-5-7-16/h3-13,15,24H,14H2,1-2H3,(H,23,25). The van der Waals surface area contributed by atoms with E-state index in [-0.39, 0.29) is 22.9 Å². The van der Waals surface area contributed by atoms with Crippen LogP contribution in [0.15, 0.2) is 77.7 Å². The smallest absolute Gasteiger partial charge is 0.262 e. The van der Waals surface area contributed by atoms with Crippen molar-refractivity contribution in [1.82, 2.24) is 0 Å². The van der Waals surface area contributed by atoms with E-state index in [4.69, 9.17) is 9.47 Å². The van der Waals surface area contributed by atoms with Gasteiger partial charge in [0.05, 0.1) is 31.2 Å². The summed E-state index contributed by atoms with van der Waals surface area (Å²) in [7, 11) is -0.921. The predicted molar refractivity (Wildman–Crippen MR) is 116 cm³/mol. The second-order valence-corrected chi connectivity index (χ2v) is 8.09. The average molecular weight is 426 g/mol. The maximum Gasteiger partial charge on any atom is 0.262 e. The molecule has 0 aliphatic carbocycles. The Bertz CT molecular complexity index is 1110. The Labute approximate surface area is 175 Å². The van der Waals surface area contributed by atoms with Gasteiger partial charge >= 0.3 is 0 Å². The van der Waals surface area contributed by atoms with Crippen LogP contribution in [-0.2, 0) is 21.2 Å². The van der Waals surface area contributed by atoms with E-state index in [1.54, 1.807) is 24.3 Å². The maximum absolute atomic E-state index is 12.7. The molecule has 3 aromatic carbocycles. The van der Waals surface area contributed by atoms with Gasteiger partial charge in [-0.25, -0.2) is 8.42 Å². The maximum atomic E-state index is 12.7. The number of carbonyl (C=O) groups is 1. The Balaban J connectivity index is 1.71. The lowest BCUT2D eigenvalue weighted by molar-refractivity contribution is -0.115. The van der Waals surface area contributed by atoms with Gasteiger partial charge in [-0.2, -0.15) is 0 Å². The Kier molecular flexibility index (Phi) is 6.58. The molecule has 1 amide bonds. The van der Waals surface area contributed by atoms with Crippen LogP contribution in [0.1, 0.15) is 5.56 Å². The van der Waals surface area contributed by atoms with Gasteiger partial charge in [0.1, 0.15) is 11.5 Å². The summed E-state index contributed by atoms with van der Waals surface area (Å²) in [5.74, 6) is 0.671. The number of hydrogen-bond acceptors (Lipinski definition) is 5. The summed E-state index contributed by atoms with van der Waals surface area (Å²) < 4.78 is 38.3. The Hall–Kier alpha value is -3.52. The first-order valence-corrected chi connectivity index (χ1v) is 10.6. The Morgan fingerprint density at radius 2 is 1.60 bits per heavy atom. The Morgan fingerprint density at radius 3 is 2.23 bits per heavy atom. The van der Waals surface area contributed by atoms with E-state index in [2.05, 4.69) is 10.0 Å². The molecule has 0 bridgehead atoms. The molecule has 0 radical (unpaired) electrons. The van der Waals surface area contributed by atoms with Crippen molar-refractivity contribution < 1.29 is 22.7 Å². The second kappa shape index (κ2) is 9.32. The summed E-state index contributed by atoms with van der Waals surface area (Å²) in [4.78, 5) is 12.2. The highest BCUT2D eigenvalue weighted by atomic mass is 32.2. The number of ether oxygens (including phenoxy) is 2. The summed E-state index contributed by atoms with van der Waals surface area (Å²) in [6.45, 7) is 0. The van der Waals surface area contributed by atoms with Crippen molar-refractivity contribution in [3.8, 4) is 11.5 Å². The van der Waals surface area contributed by atoms with E-state index >= 15 is 0 Å². The van der Waals surface area contributed by atoms with Gasteiger partial charge in [0, 0.05) is 11.8 Å². The fourth-order valence-electron chi connectivity index (χ4n) is 2.80. The minimum Gasteiger partial charge on any atom is -0.497 e. The predicted octanol–water partition coefficient (Wildman–Crippen LogP) is 3.69. The van der Waals surface area contributed by atoms with Crippen LogP contribution in [0.5, 0.6) is 11.5 Å². The van der Waals surface area contributed by atoms with E-state index < -0.39 is 10.0 Å². The first-order valence-electron chi connectivity index (χ1n) is 9.10. The van der Waals surface area contributed by atoms with Gasteiger partial charge in [-0.1, -0.05) is 30.3 Å². The number of hydrogen-bond donors (Lipinski definition) is 2. The minimum absolute atomic E-state index is 0.0495. The third-order valence-corrected chi connectivity index (χ3v) is 5.69. The average Bonchev–Trinajstić information content (AvgIpc) is 2.74. The van der Waals surface area contributed by atoms with Crippen LogP contribution in [0, 0.1) is 0 Å². The lowest BCUT2D eigenvalue weighted by Gasteiger charge is -2.13. The molecule has 0 saturated carbocycles. The zero-order chi connectivity index (χ0) is 21.6. The van der Waals surface area contributed by atoms with E-state index in [1.807, 2.05) is 30.3 Å². The largest absolute Gasteiger partial charge is 0.497 e. The summed E-state index contributed by atoms with van der Waals surface area (Å²) in [6.07, 6.45) is 0.234. The van der Waals surface area contributed by atoms with Crippen LogP contribution in [0.25, 0.3) is 0 Å². The number of rotatable bonds is 8. The highest BCUT2D eigenvalue weighted by Gasteiger charge is 2.17.